The van der Waals surface area contributed by atoms with Crippen molar-refractivity contribution in [2.75, 3.05) is 13.2 Å². The fourth-order valence-corrected chi connectivity index (χ4v) is 9.07. The van der Waals surface area contributed by atoms with Crippen LogP contribution in [0.3, 0.4) is 0 Å². The predicted octanol–water partition coefficient (Wildman–Crippen LogP) is 7.14. The number of Topliss-reactive ketones (excluding diaryl/α,β-unsaturated/α-hetero) is 1. The Labute approximate surface area is 241 Å². The van der Waals surface area contributed by atoms with Gasteiger partial charge in [-0.15, -0.1) is 0 Å². The molecule has 0 aliphatic rings. The van der Waals surface area contributed by atoms with Crippen LogP contribution in [0.2, 0.25) is 118 Å². The molecule has 0 aliphatic heterocycles. The van der Waals surface area contributed by atoms with E-state index in [1.54, 1.807) is 0 Å². The van der Waals surface area contributed by atoms with Gasteiger partial charge in [0, 0.05) is 0 Å². The number of ketones is 1. The third kappa shape index (κ3) is 19.7. The highest BCUT2D eigenvalue weighted by Crippen LogP contribution is 2.29. The van der Waals surface area contributed by atoms with Crippen molar-refractivity contribution < 1.29 is 31.4 Å². The molecule has 13 heteroatoms. The molecule has 4 atom stereocenters. The van der Waals surface area contributed by atoms with Gasteiger partial charge in [-0.3, -0.25) is 4.79 Å². The molecule has 7 nitrogen and oxygen atoms in total. The Morgan fingerprint density at radius 1 is 0.474 bits per heavy atom. The van der Waals surface area contributed by atoms with E-state index in [1.807, 2.05) is 0 Å². The van der Waals surface area contributed by atoms with Crippen LogP contribution < -0.4 is 0 Å². The zero-order chi connectivity index (χ0) is 30.5. The zero-order valence-corrected chi connectivity index (χ0v) is 34.1. The van der Waals surface area contributed by atoms with Crippen molar-refractivity contribution in [2.24, 2.45) is 0 Å². The van der Waals surface area contributed by atoms with Crippen molar-refractivity contribution in [3.63, 3.8) is 0 Å². The number of hydrogen-bond donors (Lipinski definition) is 0. The van der Waals surface area contributed by atoms with E-state index in [9.17, 15) is 4.79 Å². The Hall–Kier alpha value is 0.731. The van der Waals surface area contributed by atoms with Gasteiger partial charge in [-0.25, -0.2) is 0 Å². The summed E-state index contributed by atoms with van der Waals surface area (Å²) in [6.07, 6.45) is -2.30. The topological polar surface area (TPSA) is 72.5 Å². The van der Waals surface area contributed by atoms with E-state index in [0.717, 1.165) is 0 Å². The van der Waals surface area contributed by atoms with Crippen LogP contribution in [-0.4, -0.2) is 93.3 Å². The summed E-state index contributed by atoms with van der Waals surface area (Å²) in [6.45, 7) is 39.0. The van der Waals surface area contributed by atoms with Crippen molar-refractivity contribution in [2.45, 2.75) is 142 Å². The van der Waals surface area contributed by atoms with Crippen LogP contribution in [0.5, 0.6) is 0 Å². The second kappa shape index (κ2) is 14.3. The maximum atomic E-state index is 13.9. The highest BCUT2D eigenvalue weighted by Gasteiger charge is 2.47. The summed E-state index contributed by atoms with van der Waals surface area (Å²) in [6, 6.07) is 0. The molecule has 0 saturated carbocycles. The minimum Gasteiger partial charge on any atom is -0.415 e. The number of carbonyl (C=O) groups is 1. The molecule has 4 unspecified atom stereocenters. The lowest BCUT2D eigenvalue weighted by molar-refractivity contribution is -0.141. The van der Waals surface area contributed by atoms with E-state index in [-0.39, 0.29) is 18.5 Å². The lowest BCUT2D eigenvalue weighted by atomic mass is 10.0. The molecule has 38 heavy (non-hydrogen) atoms. The quantitative estimate of drug-likeness (QED) is 0.147. The van der Waals surface area contributed by atoms with E-state index in [1.165, 1.54) is 0 Å². The van der Waals surface area contributed by atoms with Gasteiger partial charge >= 0.3 is 0 Å². The van der Waals surface area contributed by atoms with E-state index in [2.05, 4.69) is 118 Å². The highest BCUT2D eigenvalue weighted by molar-refractivity contribution is 6.72. The summed E-state index contributed by atoms with van der Waals surface area (Å²) < 4.78 is 39.8. The second-order valence-electron chi connectivity index (χ2n) is 16.1. The van der Waals surface area contributed by atoms with Crippen LogP contribution in [0.1, 0.15) is 0 Å². The van der Waals surface area contributed by atoms with Crippen LogP contribution in [0.4, 0.5) is 0 Å². The first-order valence-corrected chi connectivity index (χ1v) is 34.4. The molecule has 0 amide bonds. The van der Waals surface area contributed by atoms with Gasteiger partial charge in [-0.1, -0.05) is 0 Å². The summed E-state index contributed by atoms with van der Waals surface area (Å²) >= 11 is 0. The molecule has 0 N–H and O–H groups in total. The summed E-state index contributed by atoms with van der Waals surface area (Å²) in [5.74, 6) is -0.0832. The maximum Gasteiger partial charge on any atom is 0.187 e. The van der Waals surface area contributed by atoms with E-state index < -0.39 is 68.2 Å². The number of carbonyl (C=O) groups excluding carboxylic acids is 1. The SMILES string of the molecule is C[Si](C)(C)OCC(=O)C(O[Si](C)(C)C)C(O[Si](C)(C)C)C(O[Si](C)(C)C)C(CO[Si](C)(C)C)O[Si](C)(C)C. The van der Waals surface area contributed by atoms with Gasteiger partial charge in [-0.2, -0.15) is 0 Å². The van der Waals surface area contributed by atoms with Crippen LogP contribution in [0, 0.1) is 0 Å². The van der Waals surface area contributed by atoms with Crippen LogP contribution >= 0.6 is 0 Å². The molecule has 0 aliphatic carbocycles. The smallest absolute Gasteiger partial charge is 0.187 e. The van der Waals surface area contributed by atoms with Gasteiger partial charge in [0.05, 0.1) is 25.4 Å². The van der Waals surface area contributed by atoms with Gasteiger partial charge in [0.15, 0.2) is 55.7 Å². The molecule has 0 bridgehead atoms. The van der Waals surface area contributed by atoms with Crippen molar-refractivity contribution >= 4 is 55.7 Å². The third-order valence-corrected chi connectivity index (χ3v) is 10.6. The first-order valence-electron chi connectivity index (χ1n) is 14.0. The molecule has 0 aromatic rings. The molecule has 0 rings (SSSR count). The highest BCUT2D eigenvalue weighted by atomic mass is 28.4. The fraction of sp³-hybridized carbons (Fsp3) is 0.960. The summed E-state index contributed by atoms with van der Waals surface area (Å²) in [5, 5.41) is 0. The summed E-state index contributed by atoms with van der Waals surface area (Å²) in [7, 11) is -12.2. The molecule has 0 aromatic heterocycles. The molecule has 228 valence electrons. The largest absolute Gasteiger partial charge is 0.415 e. The second-order valence-corrected chi connectivity index (χ2v) is 43.0. The Morgan fingerprint density at radius 3 is 1.18 bits per heavy atom. The summed E-state index contributed by atoms with van der Waals surface area (Å²) in [4.78, 5) is 13.9. The molecular formula is C25H62O7Si6. The van der Waals surface area contributed by atoms with Crippen LogP contribution in [0.15, 0.2) is 0 Å². The van der Waals surface area contributed by atoms with E-state index >= 15 is 0 Å². The molecule has 0 spiro atoms. The lowest BCUT2D eigenvalue weighted by Crippen LogP contribution is -2.61. The molecular weight excluding hydrogens is 581 g/mol. The predicted molar refractivity (Wildman–Crippen MR) is 176 cm³/mol. The minimum absolute atomic E-state index is 0.0149. The van der Waals surface area contributed by atoms with Gasteiger partial charge in [0.1, 0.15) is 12.2 Å². The zero-order valence-electron chi connectivity index (χ0n) is 28.1. The van der Waals surface area contributed by atoms with Gasteiger partial charge in [0.25, 0.3) is 0 Å². The van der Waals surface area contributed by atoms with Gasteiger partial charge in [0.2, 0.25) is 0 Å². The third-order valence-electron chi connectivity index (χ3n) is 4.60. The summed E-state index contributed by atoms with van der Waals surface area (Å²) in [5.41, 5.74) is 0. The van der Waals surface area contributed by atoms with Crippen molar-refractivity contribution in [3.8, 4) is 0 Å². The van der Waals surface area contributed by atoms with Crippen molar-refractivity contribution in [1.29, 1.82) is 0 Å². The number of hydrogen-bond acceptors (Lipinski definition) is 7. The van der Waals surface area contributed by atoms with Crippen molar-refractivity contribution in [1.82, 2.24) is 0 Å². The molecule has 0 heterocycles. The van der Waals surface area contributed by atoms with E-state index in [4.69, 9.17) is 26.6 Å². The Kier molecular flexibility index (Phi) is 14.5. The lowest BCUT2D eigenvalue weighted by Gasteiger charge is -2.45. The molecule has 0 fully saturated rings. The standard InChI is InChI=1S/C25H62O7Si6/c1-33(2,3)27-19-21(26)23(30-36(10,11)12)25(32-38(16,17)18)24(31-37(13,14)15)22(29-35(7,8)9)20-28-34(4,5)6/h22-25H,19-20H2,1-18H3. The van der Waals surface area contributed by atoms with Crippen LogP contribution in [0.25, 0.3) is 0 Å². The van der Waals surface area contributed by atoms with Gasteiger partial charge < -0.3 is 26.6 Å². The van der Waals surface area contributed by atoms with E-state index in [0.29, 0.717) is 6.61 Å². The first kappa shape index (κ1) is 38.7. The Morgan fingerprint density at radius 2 is 0.842 bits per heavy atom. The van der Waals surface area contributed by atoms with Gasteiger partial charge in [-0.05, 0) is 118 Å². The minimum atomic E-state index is -2.16. The molecule has 0 saturated heterocycles. The maximum absolute atomic E-state index is 13.9. The Bertz CT molecular complexity index is 725. The fourth-order valence-electron chi connectivity index (χ4n) is 3.52. The Balaban J connectivity index is 6.97. The first-order chi connectivity index (χ1) is 16.5. The monoisotopic (exact) mass is 642 g/mol. The molecule has 0 aromatic carbocycles. The van der Waals surface area contributed by atoms with Crippen molar-refractivity contribution in [3.05, 3.63) is 0 Å². The van der Waals surface area contributed by atoms with Crippen LogP contribution in [-0.2, 0) is 31.4 Å². The average Bonchev–Trinajstić information content (AvgIpc) is 2.59. The molecule has 0 radical (unpaired) electrons. The normalized spacial score (nSPS) is 17.7. The number of rotatable bonds is 18. The average molecular weight is 643 g/mol.